The number of rotatable bonds is 16. The Balaban J connectivity index is 0.000000208. The zero-order valence-corrected chi connectivity index (χ0v) is 73.7. The minimum atomic E-state index is -1.07. The van der Waals surface area contributed by atoms with Gasteiger partial charge in [-0.2, -0.15) is 0 Å². The first-order chi connectivity index (χ1) is 62.3. The molecule has 0 radical (unpaired) electrons. The van der Waals surface area contributed by atoms with Crippen LogP contribution in [0, 0.1) is 51.0 Å². The van der Waals surface area contributed by atoms with Gasteiger partial charge in [-0.25, -0.2) is 81.8 Å². The number of aromatic nitrogens is 14. The highest BCUT2D eigenvalue weighted by Gasteiger charge is 2.25. The Morgan fingerprint density at radius 2 is 0.748 bits per heavy atom. The Hall–Kier alpha value is -13.7. The highest BCUT2D eigenvalue weighted by molar-refractivity contribution is 6.03. The standard InChI is InChI=1S/C23H23FN6O3.C22H26FN5O3.C18H19FN4O3.C17H18FN5O.C6H7NO3.C4H9NO.5CH4/c1-14-21(33-15(2)26-14)22(31)27-17-3-4-19(24)18(9-17)20-13-30-12-16(10-25-23(30)28-20)11-29-5-7-32-8-6-29;1-22(2,3)31-21(29)25-16-4-5-18(23)17(10-16)19-14-28-13-15(11-24-20(28)26-19)12-27-6-8-30-9-7-27;1-18(2,3)26-17(24)21-11-5-6-14(19)13(7-11)15-10-23-9-12(25-4)8-20-16(23)22-15;18-15-2-1-13(19)7-14(15)16-11-23-10-12(8-20-17(23)21-16)9-22-3-5-24-6-4-22;1-3-5(6(8)9)10-4(2)7-3;1-3-6-4-2-5-1;;;;;/h3-4,9-10,12-13H,5-8,11H2,1-2H3,(H,27,31);4-5,10-11,13-14H,6-9,12H2,1-3H3,(H,25,29);5-10H,1-4H3,(H,21,24);1-2,7-8,10-11H,3-6,9,19H2;1-2H3,(H,8,9);5H,1-4H2;5*1H4. The fourth-order valence-electron chi connectivity index (χ4n) is 13.7. The lowest BCUT2D eigenvalue weighted by molar-refractivity contribution is 0.0340. The van der Waals surface area contributed by atoms with Crippen molar-refractivity contribution in [3.05, 3.63) is 222 Å². The first-order valence-electron chi connectivity index (χ1n) is 41.7. The molecule has 40 heteroatoms. The zero-order valence-electron chi connectivity index (χ0n) is 73.7. The molecule has 14 aromatic rings. The summed E-state index contributed by atoms with van der Waals surface area (Å²) in [6, 6.07) is 17.3. The van der Waals surface area contributed by atoms with Crippen LogP contribution in [0.15, 0.2) is 156 Å². The average Bonchev–Trinajstić information content (AvgIpc) is 1.78. The predicted molar refractivity (Wildman–Crippen MR) is 507 cm³/mol. The third kappa shape index (κ3) is 30.1. The van der Waals surface area contributed by atoms with Crippen molar-refractivity contribution in [1.82, 2.24) is 87.5 Å². The second-order valence-corrected chi connectivity index (χ2v) is 32.4. The largest absolute Gasteiger partial charge is 0.494 e. The first kappa shape index (κ1) is 107. The molecule has 3 amide bonds. The van der Waals surface area contributed by atoms with E-state index < -0.39 is 52.7 Å². The lowest BCUT2D eigenvalue weighted by atomic mass is 10.1. The van der Waals surface area contributed by atoms with Crippen LogP contribution in [0.3, 0.4) is 0 Å². The summed E-state index contributed by atoms with van der Waals surface area (Å²) in [6.07, 6.45) is 20.2. The molecule has 4 aliphatic rings. The molecule has 7 N–H and O–H groups in total. The number of hydrogen-bond donors (Lipinski definition) is 6. The molecular formula is C95H122F4N22O14. The Labute approximate surface area is 781 Å². The Bertz CT molecular complexity index is 6270. The highest BCUT2D eigenvalue weighted by atomic mass is 19.1. The van der Waals surface area contributed by atoms with Gasteiger partial charge in [-0.15, -0.1) is 0 Å². The van der Waals surface area contributed by atoms with Crippen LogP contribution in [-0.4, -0.2) is 235 Å². The fourth-order valence-corrected chi connectivity index (χ4v) is 13.7. The van der Waals surface area contributed by atoms with E-state index in [1.54, 1.807) is 138 Å². The summed E-state index contributed by atoms with van der Waals surface area (Å²) in [6.45, 7) is 33.2. The summed E-state index contributed by atoms with van der Waals surface area (Å²) in [5.41, 5.74) is 13.2. The number of anilines is 4. The van der Waals surface area contributed by atoms with Crippen molar-refractivity contribution in [1.29, 1.82) is 0 Å². The third-order valence-corrected chi connectivity index (χ3v) is 19.7. The molecule has 0 bridgehead atoms. The average molecular weight is 1870 g/mol. The van der Waals surface area contributed by atoms with Gasteiger partial charge in [0.05, 0.1) is 107 Å². The van der Waals surface area contributed by atoms with Crippen LogP contribution >= 0.6 is 0 Å². The van der Waals surface area contributed by atoms with Crippen LogP contribution < -0.4 is 31.7 Å². The van der Waals surface area contributed by atoms with Crippen LogP contribution in [0.25, 0.3) is 68.1 Å². The number of fused-ring (bicyclic) bond motifs is 4. The van der Waals surface area contributed by atoms with Gasteiger partial charge in [-0.05, 0) is 128 Å². The number of benzene rings is 4. The van der Waals surface area contributed by atoms with Gasteiger partial charge in [0.2, 0.25) is 34.6 Å². The van der Waals surface area contributed by atoms with Crippen molar-refractivity contribution < 1.29 is 83.8 Å². The molecule has 36 nitrogen and oxygen atoms in total. The smallest absolute Gasteiger partial charge is 0.412 e. The van der Waals surface area contributed by atoms with E-state index >= 15 is 0 Å². The summed E-state index contributed by atoms with van der Waals surface area (Å²) in [5, 5.41) is 19.6. The van der Waals surface area contributed by atoms with Crippen LogP contribution in [-0.2, 0) is 48.1 Å². The Morgan fingerprint density at radius 1 is 0.430 bits per heavy atom. The number of methoxy groups -OCH3 is 1. The van der Waals surface area contributed by atoms with E-state index in [2.05, 4.69) is 85.8 Å². The Morgan fingerprint density at radius 3 is 1.05 bits per heavy atom. The monoisotopic (exact) mass is 1870 g/mol. The summed E-state index contributed by atoms with van der Waals surface area (Å²) >= 11 is 0. The SMILES string of the molecule is C.C.C.C.C.C1COCCN1.CC(C)(C)OC(=O)Nc1ccc(F)c(-c2cn3cc(CN4CCOCC4)cnc3n2)c1.COc1cnc2nc(-c3cc(NC(=O)OC(C)(C)C)ccc3F)cn2c1.Cc1nc(C)c(C(=O)Nc2ccc(F)c(-c3cn4cc(CN5CCOCC5)cnc4n3)c2)o1.Cc1nc(C)c(C(=O)O)o1.Nc1ccc(F)c(-c2cn3cc(CN4CCOCC4)cnc3n2)c1. The van der Waals surface area contributed by atoms with Gasteiger partial charge in [-0.3, -0.25) is 47.7 Å². The van der Waals surface area contributed by atoms with Gasteiger partial charge in [0.1, 0.15) is 34.5 Å². The van der Waals surface area contributed by atoms with E-state index in [-0.39, 0.29) is 71.2 Å². The van der Waals surface area contributed by atoms with Crippen molar-refractivity contribution in [2.45, 2.75) is 137 Å². The molecule has 4 saturated heterocycles. The number of carbonyl (C=O) groups excluding carboxylic acids is 3. The summed E-state index contributed by atoms with van der Waals surface area (Å²) < 4.78 is 111. The second kappa shape index (κ2) is 48.8. The number of nitrogens with two attached hydrogens (primary N) is 1. The Kier molecular flexibility index (Phi) is 38.5. The molecule has 0 spiro atoms. The summed E-state index contributed by atoms with van der Waals surface area (Å²) in [4.78, 5) is 96.6. The molecule has 0 saturated carbocycles. The number of aryl methyl sites for hydroxylation is 4. The van der Waals surface area contributed by atoms with Gasteiger partial charge >= 0.3 is 18.2 Å². The molecule has 4 fully saturated rings. The molecular weight excluding hydrogens is 1750 g/mol. The van der Waals surface area contributed by atoms with Crippen molar-refractivity contribution in [2.24, 2.45) is 0 Å². The number of carboxylic acid groups (broad SMARTS) is 1. The van der Waals surface area contributed by atoms with Crippen molar-refractivity contribution in [2.75, 3.05) is 134 Å². The molecule has 0 atom stereocenters. The van der Waals surface area contributed by atoms with E-state index in [4.69, 9.17) is 52.8 Å². The number of nitrogens with one attached hydrogen (secondary N) is 4. The lowest BCUT2D eigenvalue weighted by Gasteiger charge is -2.26. The maximum absolute atomic E-state index is 14.7. The quantitative estimate of drug-likeness (QED) is 0.0386. The maximum Gasteiger partial charge on any atom is 0.412 e. The summed E-state index contributed by atoms with van der Waals surface area (Å²) in [5.74, 6) is 0.0828. The number of oxazole rings is 2. The van der Waals surface area contributed by atoms with Gasteiger partial charge in [0.25, 0.3) is 5.91 Å². The molecule has 10 aromatic heterocycles. The summed E-state index contributed by atoms with van der Waals surface area (Å²) in [7, 11) is 1.53. The number of carbonyl (C=O) groups is 4. The fraction of sp³-hybridized carbons (Fsp3) is 0.389. The second-order valence-electron chi connectivity index (χ2n) is 32.4. The number of nitrogen functional groups attached to an aromatic ring is 1. The normalized spacial score (nSPS) is 13.9. The topological polar surface area (TPSA) is 410 Å². The highest BCUT2D eigenvalue weighted by Crippen LogP contribution is 2.32. The van der Waals surface area contributed by atoms with Gasteiger partial charge in [-0.1, -0.05) is 37.1 Å². The predicted octanol–water partition coefficient (Wildman–Crippen LogP) is 16.6. The number of aromatic carboxylic acids is 1. The van der Waals surface area contributed by atoms with Gasteiger partial charge in [0.15, 0.2) is 17.5 Å². The van der Waals surface area contributed by atoms with E-state index in [0.29, 0.717) is 103 Å². The van der Waals surface area contributed by atoms with Crippen LogP contribution in [0.1, 0.15) is 140 Å². The molecule has 4 aliphatic heterocycles. The maximum atomic E-state index is 14.7. The van der Waals surface area contributed by atoms with E-state index in [0.717, 1.165) is 142 Å². The molecule has 14 heterocycles. The molecule has 0 aliphatic carbocycles. The molecule has 0 unspecified atom stereocenters. The number of hydrogen-bond acceptors (Lipinski definition) is 28. The van der Waals surface area contributed by atoms with E-state index in [9.17, 15) is 36.7 Å². The number of amides is 3. The first-order valence-corrected chi connectivity index (χ1v) is 41.7. The van der Waals surface area contributed by atoms with Crippen molar-refractivity contribution in [3.8, 4) is 50.8 Å². The molecule has 4 aromatic carbocycles. The van der Waals surface area contributed by atoms with Crippen LogP contribution in [0.2, 0.25) is 0 Å². The number of ether oxygens (including phenoxy) is 7. The van der Waals surface area contributed by atoms with Crippen LogP contribution in [0.5, 0.6) is 5.75 Å². The number of imidazole rings is 4. The minimum absolute atomic E-state index is 0. The van der Waals surface area contributed by atoms with E-state index in [1.807, 2.05) is 29.2 Å². The third-order valence-electron chi connectivity index (χ3n) is 19.7. The molecule has 18 rings (SSSR count). The molecule has 135 heavy (non-hydrogen) atoms. The van der Waals surface area contributed by atoms with Gasteiger partial charge < -0.3 is 63.5 Å². The number of nitrogens with zero attached hydrogens (tertiary/aromatic N) is 17. The number of morpholine rings is 4. The van der Waals surface area contributed by atoms with E-state index in [1.165, 1.54) is 74.0 Å². The van der Waals surface area contributed by atoms with Gasteiger partial charge in [0, 0.05) is 210 Å². The van der Waals surface area contributed by atoms with Crippen molar-refractivity contribution >= 4 is 69.9 Å². The number of carboxylic acids is 1. The number of halogens is 4. The van der Waals surface area contributed by atoms with Crippen LogP contribution in [0.4, 0.5) is 49.9 Å². The molecule has 724 valence electrons. The van der Waals surface area contributed by atoms with Crippen molar-refractivity contribution in [3.63, 3.8) is 0 Å². The zero-order chi connectivity index (χ0) is 92.3. The lowest BCUT2D eigenvalue weighted by Crippen LogP contribution is -2.35. The minimum Gasteiger partial charge on any atom is -0.494 e.